The number of para-hydroxylation sites is 1. The van der Waals surface area contributed by atoms with Crippen LogP contribution in [0.25, 0.3) is 0 Å². The van der Waals surface area contributed by atoms with Crippen molar-refractivity contribution in [2.45, 2.75) is 44.6 Å². The summed E-state index contributed by atoms with van der Waals surface area (Å²) >= 11 is 0. The van der Waals surface area contributed by atoms with Gasteiger partial charge in [0.2, 0.25) is 5.91 Å². The standard InChI is InChI=1S/C37H38F4N4O3.2H2/c1-37(15-14-27(39)18-28(40)20-37)32(25-10-12-26(38)13-11-25)19-35(46)44-34-23-43-22-33(41)31(34)9-5-6-29-21-42-16-17-45(29)36(47)24-48-30-7-3-2-4-8-30;;/h2-4,7-8,10-15,18,20,22-23,29,32,42H,5-6,9,16-17,19,21,24H2,1H3,(H,44,46);2*1H/t29-,32-,37?;;/m0../s1. The molecule has 5 rings (SSSR count). The van der Waals surface area contributed by atoms with Crippen LogP contribution >= 0.6 is 0 Å². The largest absolute Gasteiger partial charge is 0.484 e. The van der Waals surface area contributed by atoms with E-state index >= 15 is 4.39 Å². The summed E-state index contributed by atoms with van der Waals surface area (Å²) in [6.45, 7) is 3.35. The van der Waals surface area contributed by atoms with Crippen LogP contribution in [0.2, 0.25) is 0 Å². The van der Waals surface area contributed by atoms with E-state index in [0.717, 1.165) is 18.3 Å². The van der Waals surface area contributed by atoms with Crippen molar-refractivity contribution in [1.29, 1.82) is 0 Å². The Bertz CT molecular complexity index is 1690. The highest BCUT2D eigenvalue weighted by Crippen LogP contribution is 2.44. The molecule has 3 aromatic rings. The molecule has 1 saturated heterocycles. The monoisotopic (exact) mass is 666 g/mol. The lowest BCUT2D eigenvalue weighted by Gasteiger charge is -2.36. The summed E-state index contributed by atoms with van der Waals surface area (Å²) in [4.78, 5) is 32.3. The summed E-state index contributed by atoms with van der Waals surface area (Å²) in [5.41, 5.74) is -0.156. The van der Waals surface area contributed by atoms with E-state index in [9.17, 15) is 22.8 Å². The van der Waals surface area contributed by atoms with Gasteiger partial charge in [0.1, 0.15) is 29.0 Å². The second-order valence-corrected chi connectivity index (χ2v) is 12.2. The normalized spacial score (nSPS) is 19.9. The number of benzene rings is 2. The molecule has 0 saturated carbocycles. The quantitative estimate of drug-likeness (QED) is 0.196. The minimum absolute atomic E-state index is 0. The average Bonchev–Trinajstić information content (AvgIpc) is 3.21. The fourth-order valence-corrected chi connectivity index (χ4v) is 6.25. The Morgan fingerprint density at radius 1 is 1.08 bits per heavy atom. The number of hydrogen-bond acceptors (Lipinski definition) is 5. The molecule has 7 nitrogen and oxygen atoms in total. The summed E-state index contributed by atoms with van der Waals surface area (Å²) in [7, 11) is 0. The molecule has 48 heavy (non-hydrogen) atoms. The summed E-state index contributed by atoms with van der Waals surface area (Å²) in [6, 6.07) is 14.5. The van der Waals surface area contributed by atoms with Gasteiger partial charge in [-0.15, -0.1) is 0 Å². The maximum absolute atomic E-state index is 15.1. The number of rotatable bonds is 12. The molecule has 1 aliphatic carbocycles. The van der Waals surface area contributed by atoms with Gasteiger partial charge in [-0.25, -0.2) is 17.6 Å². The van der Waals surface area contributed by atoms with Gasteiger partial charge >= 0.3 is 0 Å². The molecule has 2 aromatic carbocycles. The lowest BCUT2D eigenvalue weighted by Crippen LogP contribution is -2.54. The van der Waals surface area contributed by atoms with Crippen LogP contribution in [-0.2, 0) is 16.0 Å². The maximum atomic E-state index is 15.1. The number of allylic oxidation sites excluding steroid dienone is 6. The molecule has 2 N–H and O–H groups in total. The molecule has 3 atom stereocenters. The molecular formula is C37H42F4N4O3. The zero-order valence-electron chi connectivity index (χ0n) is 26.6. The van der Waals surface area contributed by atoms with Crippen LogP contribution in [0, 0.1) is 17.0 Å². The zero-order valence-corrected chi connectivity index (χ0v) is 26.6. The van der Waals surface area contributed by atoms with Gasteiger partial charge in [0.05, 0.1) is 18.1 Å². The third-order valence-corrected chi connectivity index (χ3v) is 8.76. The minimum atomic E-state index is -1.16. The lowest BCUT2D eigenvalue weighted by molar-refractivity contribution is -0.136. The topological polar surface area (TPSA) is 83.6 Å². The van der Waals surface area contributed by atoms with Crippen LogP contribution in [0.3, 0.4) is 0 Å². The Hall–Kier alpha value is -4.77. The summed E-state index contributed by atoms with van der Waals surface area (Å²) in [5, 5.41) is 6.08. The predicted octanol–water partition coefficient (Wildman–Crippen LogP) is 7.45. The highest BCUT2D eigenvalue weighted by atomic mass is 19.1. The SMILES string of the molecule is CC1([C@@H](CC(=O)Nc2cncc(F)c2CCC[C@H]2CNCCN2C(=O)COc2ccccc2)c2ccc(F)cc2)C=CC(F)=CC(F)=C1.[HH].[HH]. The molecule has 0 radical (unpaired) electrons. The first-order valence-corrected chi connectivity index (χ1v) is 15.9. The Labute approximate surface area is 280 Å². The number of aromatic nitrogens is 1. The van der Waals surface area contributed by atoms with Crippen molar-refractivity contribution in [3.8, 4) is 5.75 Å². The van der Waals surface area contributed by atoms with Crippen molar-refractivity contribution >= 4 is 17.5 Å². The van der Waals surface area contributed by atoms with E-state index in [2.05, 4.69) is 15.6 Å². The smallest absolute Gasteiger partial charge is 0.260 e. The van der Waals surface area contributed by atoms with E-state index in [1.807, 2.05) is 18.2 Å². The Morgan fingerprint density at radius 3 is 2.62 bits per heavy atom. The molecule has 2 aliphatic rings. The molecule has 11 heteroatoms. The highest BCUT2D eigenvalue weighted by molar-refractivity contribution is 5.92. The van der Waals surface area contributed by atoms with Gasteiger partial charge in [0.15, 0.2) is 6.61 Å². The Morgan fingerprint density at radius 2 is 1.85 bits per heavy atom. The van der Waals surface area contributed by atoms with E-state index in [0.29, 0.717) is 43.8 Å². The molecule has 2 heterocycles. The number of carbonyl (C=O) groups is 2. The number of anilines is 1. The number of carbonyl (C=O) groups excluding carboxylic acids is 2. The molecule has 0 bridgehead atoms. The average molecular weight is 667 g/mol. The molecule has 1 fully saturated rings. The Balaban J connectivity index is 0.00000338. The molecule has 1 aromatic heterocycles. The third-order valence-electron chi connectivity index (χ3n) is 8.76. The van der Waals surface area contributed by atoms with E-state index in [-0.39, 0.29) is 45.5 Å². The first-order valence-electron chi connectivity index (χ1n) is 15.9. The van der Waals surface area contributed by atoms with Gasteiger partial charge in [0, 0.05) is 57.9 Å². The fraction of sp³-hybridized carbons (Fsp3) is 0.324. The highest BCUT2D eigenvalue weighted by Gasteiger charge is 2.35. The second kappa shape index (κ2) is 15.9. The van der Waals surface area contributed by atoms with Gasteiger partial charge in [0.25, 0.3) is 5.91 Å². The number of pyridine rings is 1. The van der Waals surface area contributed by atoms with Crippen molar-refractivity contribution < 1.29 is 34.7 Å². The van der Waals surface area contributed by atoms with Gasteiger partial charge in [-0.1, -0.05) is 43.3 Å². The van der Waals surface area contributed by atoms with Crippen molar-refractivity contribution in [3.05, 3.63) is 126 Å². The van der Waals surface area contributed by atoms with Crippen molar-refractivity contribution in [2.24, 2.45) is 5.41 Å². The van der Waals surface area contributed by atoms with Crippen molar-refractivity contribution in [1.82, 2.24) is 15.2 Å². The second-order valence-electron chi connectivity index (χ2n) is 12.2. The van der Waals surface area contributed by atoms with E-state index in [4.69, 9.17) is 4.74 Å². The molecule has 2 amide bonds. The Kier molecular flexibility index (Phi) is 11.4. The number of piperazine rings is 1. The fourth-order valence-electron chi connectivity index (χ4n) is 6.25. The predicted molar refractivity (Wildman–Crippen MR) is 180 cm³/mol. The van der Waals surface area contributed by atoms with E-state index in [1.165, 1.54) is 42.6 Å². The summed E-state index contributed by atoms with van der Waals surface area (Å²) in [6.07, 6.45) is 8.21. The first-order chi connectivity index (χ1) is 23.1. The molecule has 1 aliphatic heterocycles. The van der Waals surface area contributed by atoms with Crippen LogP contribution in [0.15, 0.2) is 103 Å². The van der Waals surface area contributed by atoms with Crippen molar-refractivity contribution in [3.63, 3.8) is 0 Å². The van der Waals surface area contributed by atoms with Crippen LogP contribution in [0.1, 0.15) is 46.1 Å². The maximum Gasteiger partial charge on any atom is 0.260 e. The van der Waals surface area contributed by atoms with Crippen LogP contribution < -0.4 is 15.4 Å². The van der Waals surface area contributed by atoms with Gasteiger partial charge < -0.3 is 20.3 Å². The first kappa shape index (κ1) is 34.6. The van der Waals surface area contributed by atoms with Crippen LogP contribution in [0.4, 0.5) is 23.2 Å². The van der Waals surface area contributed by atoms with Gasteiger partial charge in [-0.05, 0) is 61.2 Å². The van der Waals surface area contributed by atoms with Gasteiger partial charge in [-0.2, -0.15) is 0 Å². The summed E-state index contributed by atoms with van der Waals surface area (Å²) in [5.74, 6) is -3.40. The number of amides is 2. The molecule has 256 valence electrons. The molecule has 0 spiro atoms. The number of hydrogen-bond donors (Lipinski definition) is 2. The van der Waals surface area contributed by atoms with E-state index < -0.39 is 40.5 Å². The zero-order chi connectivity index (χ0) is 34.1. The van der Waals surface area contributed by atoms with E-state index in [1.54, 1.807) is 24.0 Å². The number of halogens is 4. The number of ether oxygens (including phenoxy) is 1. The van der Waals surface area contributed by atoms with Crippen LogP contribution in [-0.4, -0.2) is 54.0 Å². The van der Waals surface area contributed by atoms with Crippen molar-refractivity contribution in [2.75, 3.05) is 31.6 Å². The number of nitrogens with one attached hydrogen (secondary N) is 2. The minimum Gasteiger partial charge on any atom is -0.484 e. The number of nitrogens with zero attached hydrogens (tertiary/aromatic N) is 2. The van der Waals surface area contributed by atoms with Gasteiger partial charge in [-0.3, -0.25) is 14.6 Å². The third kappa shape index (κ3) is 8.97. The molecular weight excluding hydrogens is 624 g/mol. The summed E-state index contributed by atoms with van der Waals surface area (Å²) < 4.78 is 63.2. The molecule has 1 unspecified atom stereocenters. The lowest BCUT2D eigenvalue weighted by atomic mass is 9.71. The van der Waals surface area contributed by atoms with Crippen LogP contribution in [0.5, 0.6) is 5.75 Å².